The van der Waals surface area contributed by atoms with Gasteiger partial charge in [0.2, 0.25) is 0 Å². The summed E-state index contributed by atoms with van der Waals surface area (Å²) in [6.07, 6.45) is 8.92. The van der Waals surface area contributed by atoms with Gasteiger partial charge in [0.1, 0.15) is 5.82 Å². The number of nitrogens with zero attached hydrogens (tertiary/aromatic N) is 4. The molecule has 1 aliphatic carbocycles. The molecule has 1 saturated carbocycles. The molecule has 1 fully saturated rings. The van der Waals surface area contributed by atoms with Crippen molar-refractivity contribution in [1.29, 1.82) is 0 Å². The van der Waals surface area contributed by atoms with Crippen LogP contribution in [0.3, 0.4) is 0 Å². The molecule has 0 aromatic carbocycles. The van der Waals surface area contributed by atoms with E-state index in [9.17, 15) is 0 Å². The lowest BCUT2D eigenvalue weighted by Gasteiger charge is -2.03. The summed E-state index contributed by atoms with van der Waals surface area (Å²) in [4.78, 5) is 8.71. The van der Waals surface area contributed by atoms with Crippen molar-refractivity contribution in [3.05, 3.63) is 35.5 Å². The largest absolute Gasteiger partial charge is 0.314 e. The van der Waals surface area contributed by atoms with Crippen molar-refractivity contribution in [2.75, 3.05) is 6.54 Å². The van der Waals surface area contributed by atoms with Gasteiger partial charge in [-0.2, -0.15) is 5.10 Å². The summed E-state index contributed by atoms with van der Waals surface area (Å²) in [5, 5.41) is 7.93. The van der Waals surface area contributed by atoms with Crippen LogP contribution in [0.5, 0.6) is 0 Å². The lowest BCUT2D eigenvalue weighted by atomic mass is 10.2. The number of aromatic nitrogens is 4. The SMILES string of the molecule is Cc1cc(-n2cc(CCCNC3CC3)cn2)nc(C)n1. The molecule has 0 saturated heterocycles. The van der Waals surface area contributed by atoms with Gasteiger partial charge >= 0.3 is 0 Å². The highest BCUT2D eigenvalue weighted by Gasteiger charge is 2.19. The highest BCUT2D eigenvalue weighted by molar-refractivity contribution is 5.25. The average molecular weight is 271 g/mol. The Morgan fingerprint density at radius 2 is 2.15 bits per heavy atom. The van der Waals surface area contributed by atoms with Crippen LogP contribution in [0.1, 0.15) is 36.3 Å². The second-order valence-corrected chi connectivity index (χ2v) is 5.54. The predicted molar refractivity (Wildman–Crippen MR) is 78.0 cm³/mol. The van der Waals surface area contributed by atoms with Gasteiger partial charge in [-0.25, -0.2) is 14.6 Å². The molecule has 5 nitrogen and oxygen atoms in total. The van der Waals surface area contributed by atoms with Gasteiger partial charge in [-0.15, -0.1) is 0 Å². The third-order valence-electron chi connectivity index (χ3n) is 3.48. The molecular formula is C15H21N5. The van der Waals surface area contributed by atoms with Crippen molar-refractivity contribution < 1.29 is 0 Å². The third kappa shape index (κ3) is 3.42. The van der Waals surface area contributed by atoms with Crippen LogP contribution in [0.25, 0.3) is 5.82 Å². The van der Waals surface area contributed by atoms with E-state index < -0.39 is 0 Å². The van der Waals surface area contributed by atoms with E-state index in [-0.39, 0.29) is 0 Å². The van der Waals surface area contributed by atoms with Crippen LogP contribution in [0.2, 0.25) is 0 Å². The van der Waals surface area contributed by atoms with E-state index in [1.165, 1.54) is 18.4 Å². The minimum Gasteiger partial charge on any atom is -0.314 e. The summed E-state index contributed by atoms with van der Waals surface area (Å²) in [5.41, 5.74) is 2.23. The number of aryl methyl sites for hydroxylation is 3. The predicted octanol–water partition coefficient (Wildman–Crippen LogP) is 1.96. The molecule has 1 aliphatic rings. The number of hydrogen-bond donors (Lipinski definition) is 1. The Balaban J connectivity index is 1.60. The molecule has 2 heterocycles. The molecule has 106 valence electrons. The van der Waals surface area contributed by atoms with Crippen molar-refractivity contribution in [3.8, 4) is 5.82 Å². The van der Waals surface area contributed by atoms with E-state index in [2.05, 4.69) is 26.6 Å². The molecule has 1 N–H and O–H groups in total. The topological polar surface area (TPSA) is 55.6 Å². The molecule has 3 rings (SSSR count). The van der Waals surface area contributed by atoms with Crippen LogP contribution < -0.4 is 5.32 Å². The molecule has 2 aromatic heterocycles. The quantitative estimate of drug-likeness (QED) is 0.816. The molecule has 20 heavy (non-hydrogen) atoms. The van der Waals surface area contributed by atoms with Crippen molar-refractivity contribution in [2.24, 2.45) is 0 Å². The fourth-order valence-corrected chi connectivity index (χ4v) is 2.32. The van der Waals surface area contributed by atoms with Gasteiger partial charge in [-0.3, -0.25) is 0 Å². The maximum absolute atomic E-state index is 4.42. The third-order valence-corrected chi connectivity index (χ3v) is 3.48. The molecule has 2 aromatic rings. The van der Waals surface area contributed by atoms with Crippen molar-refractivity contribution in [3.63, 3.8) is 0 Å². The number of hydrogen-bond acceptors (Lipinski definition) is 4. The normalized spacial score (nSPS) is 14.7. The van der Waals surface area contributed by atoms with E-state index in [0.717, 1.165) is 42.8 Å². The van der Waals surface area contributed by atoms with Crippen molar-refractivity contribution in [1.82, 2.24) is 25.1 Å². The molecule has 0 atom stereocenters. The number of nitrogens with one attached hydrogen (secondary N) is 1. The van der Waals surface area contributed by atoms with E-state index in [4.69, 9.17) is 0 Å². The Morgan fingerprint density at radius 1 is 1.30 bits per heavy atom. The monoisotopic (exact) mass is 271 g/mol. The maximum Gasteiger partial charge on any atom is 0.157 e. The minimum atomic E-state index is 0.783. The Labute approximate surface area is 119 Å². The lowest BCUT2D eigenvalue weighted by molar-refractivity contribution is 0.645. The highest BCUT2D eigenvalue weighted by atomic mass is 15.3. The van der Waals surface area contributed by atoms with Crippen molar-refractivity contribution in [2.45, 2.75) is 45.6 Å². The van der Waals surface area contributed by atoms with E-state index in [1.807, 2.05) is 30.8 Å². The van der Waals surface area contributed by atoms with Gasteiger partial charge in [0.05, 0.1) is 6.20 Å². The molecule has 0 aliphatic heterocycles. The number of rotatable bonds is 6. The summed E-state index contributed by atoms with van der Waals surface area (Å²) >= 11 is 0. The first-order valence-electron chi connectivity index (χ1n) is 7.30. The molecular weight excluding hydrogens is 250 g/mol. The molecule has 0 radical (unpaired) electrons. The maximum atomic E-state index is 4.42. The summed E-state index contributed by atoms with van der Waals surface area (Å²) < 4.78 is 1.84. The van der Waals surface area contributed by atoms with Crippen LogP contribution in [0.15, 0.2) is 18.5 Å². The van der Waals surface area contributed by atoms with E-state index >= 15 is 0 Å². The second kappa shape index (κ2) is 5.71. The Hall–Kier alpha value is -1.75. The van der Waals surface area contributed by atoms with E-state index in [0.29, 0.717) is 0 Å². The van der Waals surface area contributed by atoms with Crippen molar-refractivity contribution >= 4 is 0 Å². The molecule has 0 bridgehead atoms. The average Bonchev–Trinajstić information content (AvgIpc) is 3.10. The molecule has 0 unspecified atom stereocenters. The first kappa shape index (κ1) is 13.2. The summed E-state index contributed by atoms with van der Waals surface area (Å²) in [5.74, 6) is 1.63. The fraction of sp³-hybridized carbons (Fsp3) is 0.533. The first-order valence-corrected chi connectivity index (χ1v) is 7.30. The zero-order valence-electron chi connectivity index (χ0n) is 12.1. The summed E-state index contributed by atoms with van der Waals surface area (Å²) in [6, 6.07) is 2.75. The first-order chi connectivity index (χ1) is 9.70. The van der Waals surface area contributed by atoms with Gasteiger partial charge in [-0.05, 0) is 51.6 Å². The highest BCUT2D eigenvalue weighted by Crippen LogP contribution is 2.18. The zero-order valence-corrected chi connectivity index (χ0v) is 12.1. The Kier molecular flexibility index (Phi) is 3.78. The standard InChI is InChI=1S/C15H21N5/c1-11-8-15(19-12(2)18-11)20-10-13(9-17-20)4-3-7-16-14-5-6-14/h8-10,14,16H,3-7H2,1-2H3. The van der Waals surface area contributed by atoms with Gasteiger partial charge in [0.15, 0.2) is 5.82 Å². The van der Waals surface area contributed by atoms with E-state index in [1.54, 1.807) is 0 Å². The minimum absolute atomic E-state index is 0.783. The summed E-state index contributed by atoms with van der Waals surface area (Å²) in [7, 11) is 0. The van der Waals surface area contributed by atoms with Gasteiger partial charge in [0, 0.05) is 24.0 Å². The molecule has 5 heteroatoms. The Bertz CT molecular complexity index is 565. The lowest BCUT2D eigenvalue weighted by Crippen LogP contribution is -2.17. The molecule has 0 spiro atoms. The fourth-order valence-electron chi connectivity index (χ4n) is 2.32. The van der Waals surface area contributed by atoms with Gasteiger partial charge < -0.3 is 5.32 Å². The van der Waals surface area contributed by atoms with Crippen LogP contribution >= 0.6 is 0 Å². The van der Waals surface area contributed by atoms with Gasteiger partial charge in [-0.1, -0.05) is 0 Å². The van der Waals surface area contributed by atoms with Crippen LogP contribution in [0, 0.1) is 13.8 Å². The molecule has 0 amide bonds. The van der Waals surface area contributed by atoms with Crippen LogP contribution in [-0.2, 0) is 6.42 Å². The summed E-state index contributed by atoms with van der Waals surface area (Å²) in [6.45, 7) is 4.98. The Morgan fingerprint density at radius 3 is 2.90 bits per heavy atom. The zero-order chi connectivity index (χ0) is 13.9. The van der Waals surface area contributed by atoms with Crippen LogP contribution in [0.4, 0.5) is 0 Å². The second-order valence-electron chi connectivity index (χ2n) is 5.54. The van der Waals surface area contributed by atoms with Gasteiger partial charge in [0.25, 0.3) is 0 Å². The van der Waals surface area contributed by atoms with Crippen LogP contribution in [-0.4, -0.2) is 32.3 Å². The smallest absolute Gasteiger partial charge is 0.157 e.